The van der Waals surface area contributed by atoms with Gasteiger partial charge in [-0.15, -0.1) is 0 Å². The van der Waals surface area contributed by atoms with E-state index in [1.165, 1.54) is 18.4 Å². The number of H-pyrrole nitrogens is 1. The first kappa shape index (κ1) is 9.25. The lowest BCUT2D eigenvalue weighted by atomic mass is 9.93. The number of nitrogens with one attached hydrogen (secondary N) is 1. The third kappa shape index (κ3) is 1.22. The second-order valence-corrected chi connectivity index (χ2v) is 4.76. The van der Waals surface area contributed by atoms with Crippen LogP contribution in [0.4, 0.5) is 0 Å². The average molecular weight is 221 g/mol. The lowest BCUT2D eigenvalue weighted by molar-refractivity contribution is 0.711. The summed E-state index contributed by atoms with van der Waals surface area (Å²) >= 11 is 6.20. The van der Waals surface area contributed by atoms with Crippen molar-refractivity contribution in [3.8, 4) is 0 Å². The van der Waals surface area contributed by atoms with Crippen molar-refractivity contribution in [3.63, 3.8) is 0 Å². The van der Waals surface area contributed by atoms with Gasteiger partial charge in [-0.1, -0.05) is 23.7 Å². The molecule has 1 aliphatic carbocycles. The van der Waals surface area contributed by atoms with E-state index in [0.717, 1.165) is 15.9 Å². The highest BCUT2D eigenvalue weighted by molar-refractivity contribution is 6.35. The van der Waals surface area contributed by atoms with Gasteiger partial charge in [0.2, 0.25) is 0 Å². The van der Waals surface area contributed by atoms with E-state index < -0.39 is 0 Å². The monoisotopic (exact) mass is 220 g/mol. The fourth-order valence-electron chi connectivity index (χ4n) is 2.32. The Morgan fingerprint density at radius 2 is 2.20 bits per heavy atom. The minimum atomic E-state index is 0.200. The molecule has 1 saturated carbocycles. The van der Waals surface area contributed by atoms with Crippen molar-refractivity contribution in [1.82, 2.24) is 4.98 Å². The molecule has 1 aromatic carbocycles. The normalized spacial score (nSPS) is 18.3. The molecule has 0 bridgehead atoms. The van der Waals surface area contributed by atoms with Gasteiger partial charge in [0.05, 0.1) is 5.02 Å². The van der Waals surface area contributed by atoms with Crippen molar-refractivity contribution in [2.24, 2.45) is 5.73 Å². The molecule has 2 aromatic rings. The van der Waals surface area contributed by atoms with Crippen LogP contribution in [0, 0.1) is 0 Å². The molecule has 0 radical (unpaired) electrons. The third-order valence-corrected chi connectivity index (χ3v) is 3.77. The number of rotatable bonds is 2. The fourth-order valence-corrected chi connectivity index (χ4v) is 2.58. The number of hydrogen-bond donors (Lipinski definition) is 2. The summed E-state index contributed by atoms with van der Waals surface area (Å²) in [4.78, 5) is 3.18. The Balaban J connectivity index is 2.30. The minimum absolute atomic E-state index is 0.200. The van der Waals surface area contributed by atoms with Crippen LogP contribution in [-0.2, 0) is 5.41 Å². The first-order valence-corrected chi connectivity index (χ1v) is 5.61. The van der Waals surface area contributed by atoms with Crippen molar-refractivity contribution >= 4 is 22.5 Å². The van der Waals surface area contributed by atoms with Crippen molar-refractivity contribution in [2.75, 3.05) is 6.54 Å². The molecule has 78 valence electrons. The molecular weight excluding hydrogens is 208 g/mol. The zero-order chi connectivity index (χ0) is 10.5. The van der Waals surface area contributed by atoms with Gasteiger partial charge in [-0.2, -0.15) is 0 Å². The first-order valence-electron chi connectivity index (χ1n) is 5.23. The average Bonchev–Trinajstić information content (AvgIpc) is 2.98. The summed E-state index contributed by atoms with van der Waals surface area (Å²) in [5.74, 6) is 0. The Morgan fingerprint density at radius 1 is 1.40 bits per heavy atom. The highest BCUT2D eigenvalue weighted by Crippen LogP contribution is 2.50. The molecule has 0 saturated heterocycles. The molecule has 0 unspecified atom stereocenters. The van der Waals surface area contributed by atoms with E-state index in [0.29, 0.717) is 6.54 Å². The second kappa shape index (κ2) is 3.00. The van der Waals surface area contributed by atoms with Crippen LogP contribution in [0.3, 0.4) is 0 Å². The maximum atomic E-state index is 6.20. The van der Waals surface area contributed by atoms with Gasteiger partial charge in [0, 0.05) is 29.1 Å². The van der Waals surface area contributed by atoms with Crippen LogP contribution in [0.1, 0.15) is 18.4 Å². The van der Waals surface area contributed by atoms with Crippen LogP contribution in [0.15, 0.2) is 24.4 Å². The zero-order valence-electron chi connectivity index (χ0n) is 8.39. The van der Waals surface area contributed by atoms with Crippen LogP contribution < -0.4 is 5.73 Å². The predicted octanol–water partition coefficient (Wildman–Crippen LogP) is 2.81. The van der Waals surface area contributed by atoms with Crippen molar-refractivity contribution < 1.29 is 0 Å². The molecule has 3 heteroatoms. The fraction of sp³-hybridized carbons (Fsp3) is 0.333. The van der Waals surface area contributed by atoms with E-state index in [1.807, 2.05) is 6.20 Å². The molecular formula is C12H13ClN2. The SMILES string of the molecule is NCC1(c2cccc3[nH]cc(Cl)c23)CC1. The maximum absolute atomic E-state index is 6.20. The molecule has 1 aromatic heterocycles. The minimum Gasteiger partial charge on any atom is -0.360 e. The van der Waals surface area contributed by atoms with Crippen molar-refractivity contribution in [1.29, 1.82) is 0 Å². The van der Waals surface area contributed by atoms with Crippen LogP contribution in [0.2, 0.25) is 5.02 Å². The van der Waals surface area contributed by atoms with Gasteiger partial charge in [0.15, 0.2) is 0 Å². The number of aromatic nitrogens is 1. The van der Waals surface area contributed by atoms with E-state index >= 15 is 0 Å². The molecule has 1 fully saturated rings. The van der Waals surface area contributed by atoms with E-state index in [-0.39, 0.29) is 5.41 Å². The van der Waals surface area contributed by atoms with Gasteiger partial charge in [0.1, 0.15) is 0 Å². The molecule has 0 spiro atoms. The summed E-state index contributed by atoms with van der Waals surface area (Å²) in [7, 11) is 0. The standard InChI is InChI=1S/C12H13ClN2/c13-9-6-15-10-3-1-2-8(11(9)10)12(7-14)4-5-12/h1-3,6,15H,4-5,7,14H2. The van der Waals surface area contributed by atoms with E-state index in [1.54, 1.807) is 0 Å². The Labute approximate surface area is 93.4 Å². The maximum Gasteiger partial charge on any atom is 0.0662 e. The topological polar surface area (TPSA) is 41.8 Å². The molecule has 15 heavy (non-hydrogen) atoms. The van der Waals surface area contributed by atoms with Crippen LogP contribution >= 0.6 is 11.6 Å². The van der Waals surface area contributed by atoms with Gasteiger partial charge in [-0.25, -0.2) is 0 Å². The number of benzene rings is 1. The Morgan fingerprint density at radius 3 is 2.87 bits per heavy atom. The highest BCUT2D eigenvalue weighted by atomic mass is 35.5. The van der Waals surface area contributed by atoms with Crippen LogP contribution in [-0.4, -0.2) is 11.5 Å². The molecule has 1 heterocycles. The van der Waals surface area contributed by atoms with E-state index in [2.05, 4.69) is 23.2 Å². The molecule has 3 rings (SSSR count). The van der Waals surface area contributed by atoms with Gasteiger partial charge in [0.25, 0.3) is 0 Å². The molecule has 3 N–H and O–H groups in total. The lowest BCUT2D eigenvalue weighted by Gasteiger charge is -2.14. The van der Waals surface area contributed by atoms with Gasteiger partial charge >= 0.3 is 0 Å². The largest absolute Gasteiger partial charge is 0.360 e. The lowest BCUT2D eigenvalue weighted by Crippen LogP contribution is -2.19. The second-order valence-electron chi connectivity index (χ2n) is 4.35. The summed E-state index contributed by atoms with van der Waals surface area (Å²) in [6, 6.07) is 6.28. The zero-order valence-corrected chi connectivity index (χ0v) is 9.14. The van der Waals surface area contributed by atoms with Crippen LogP contribution in [0.25, 0.3) is 10.9 Å². The molecule has 0 aliphatic heterocycles. The summed E-state index contributed by atoms with van der Waals surface area (Å²) < 4.78 is 0. The van der Waals surface area contributed by atoms with Crippen molar-refractivity contribution in [2.45, 2.75) is 18.3 Å². The van der Waals surface area contributed by atoms with Gasteiger partial charge < -0.3 is 10.7 Å². The molecule has 2 nitrogen and oxygen atoms in total. The number of hydrogen-bond acceptors (Lipinski definition) is 1. The van der Waals surface area contributed by atoms with Crippen LogP contribution in [0.5, 0.6) is 0 Å². The number of halogens is 1. The predicted molar refractivity (Wildman–Crippen MR) is 63.3 cm³/mol. The van der Waals surface area contributed by atoms with Gasteiger partial charge in [-0.3, -0.25) is 0 Å². The summed E-state index contributed by atoms with van der Waals surface area (Å²) in [6.07, 6.45) is 4.22. The van der Waals surface area contributed by atoms with Crippen molar-refractivity contribution in [3.05, 3.63) is 35.0 Å². The quantitative estimate of drug-likeness (QED) is 0.803. The summed E-state index contributed by atoms with van der Waals surface area (Å²) in [6.45, 7) is 0.716. The third-order valence-electron chi connectivity index (χ3n) is 3.47. The van der Waals surface area contributed by atoms with E-state index in [9.17, 15) is 0 Å². The van der Waals surface area contributed by atoms with E-state index in [4.69, 9.17) is 17.3 Å². The highest BCUT2D eigenvalue weighted by Gasteiger charge is 2.44. The molecule has 0 amide bonds. The summed E-state index contributed by atoms with van der Waals surface area (Å²) in [5, 5.41) is 1.96. The van der Waals surface area contributed by atoms with Gasteiger partial charge in [-0.05, 0) is 24.5 Å². The molecule has 0 atom stereocenters. The number of fused-ring (bicyclic) bond motifs is 1. The summed E-state index contributed by atoms with van der Waals surface area (Å²) in [5.41, 5.74) is 8.48. The Bertz CT molecular complexity index is 511. The number of nitrogens with two attached hydrogens (primary N) is 1. The Kier molecular flexibility index (Phi) is 1.85. The first-order chi connectivity index (χ1) is 7.27. The smallest absolute Gasteiger partial charge is 0.0662 e. The Hall–Kier alpha value is -0.990. The number of aromatic amines is 1. The molecule has 1 aliphatic rings.